The molecule has 0 N–H and O–H groups in total. The molecule has 0 aliphatic heterocycles. The van der Waals surface area contributed by atoms with E-state index in [-0.39, 0.29) is 5.56 Å². The van der Waals surface area contributed by atoms with E-state index in [4.69, 9.17) is 11.6 Å². The van der Waals surface area contributed by atoms with E-state index in [2.05, 4.69) is 4.74 Å². The molecule has 0 amide bonds. The van der Waals surface area contributed by atoms with E-state index in [1.807, 2.05) is 6.92 Å². The predicted octanol–water partition coefficient (Wildman–Crippen LogP) is 2.25. The number of methoxy groups -OCH3 is 1. The molecule has 1 rings (SSSR count). The van der Waals surface area contributed by atoms with Gasteiger partial charge in [0.15, 0.2) is 0 Å². The molecule has 94 valence electrons. The van der Waals surface area contributed by atoms with Crippen molar-refractivity contribution in [3.05, 3.63) is 28.8 Å². The highest BCUT2D eigenvalue weighted by molar-refractivity contribution is 7.92. The Labute approximate surface area is 109 Å². The van der Waals surface area contributed by atoms with Gasteiger partial charge in [0.25, 0.3) is 0 Å². The highest BCUT2D eigenvalue weighted by Crippen LogP contribution is 2.25. The smallest absolute Gasteiger partial charge is 0.339 e. The van der Waals surface area contributed by atoms with Gasteiger partial charge in [0, 0.05) is 0 Å². The number of halogens is 1. The molecule has 1 aromatic rings. The summed E-state index contributed by atoms with van der Waals surface area (Å²) in [4.78, 5) is 11.5. The first-order valence-electron chi connectivity index (χ1n) is 5.00. The van der Waals surface area contributed by atoms with Gasteiger partial charge in [-0.3, -0.25) is 0 Å². The zero-order chi connectivity index (χ0) is 13.0. The number of hydrogen-bond acceptors (Lipinski definition) is 4. The number of esters is 1. The Balaban J connectivity index is 3.15. The molecule has 0 radical (unpaired) electrons. The summed E-state index contributed by atoms with van der Waals surface area (Å²) in [5.74, 6) is -0.505. The van der Waals surface area contributed by atoms with Crippen molar-refractivity contribution in [2.45, 2.75) is 6.92 Å². The maximum absolute atomic E-state index is 11.5. The van der Waals surface area contributed by atoms with Crippen LogP contribution in [0.5, 0.6) is 0 Å². The predicted molar refractivity (Wildman–Crippen MR) is 69.9 cm³/mol. The van der Waals surface area contributed by atoms with Crippen LogP contribution in [0.1, 0.15) is 17.3 Å². The monoisotopic (exact) mass is 275 g/mol. The van der Waals surface area contributed by atoms with Crippen LogP contribution in [0, 0.1) is 0 Å². The van der Waals surface area contributed by atoms with Gasteiger partial charge in [-0.25, -0.2) is 4.79 Å². The molecule has 1 aromatic carbocycles. The largest absolute Gasteiger partial charge is 0.593 e. The van der Waals surface area contributed by atoms with Gasteiger partial charge in [-0.1, -0.05) is 11.6 Å². The third-order valence-corrected chi connectivity index (χ3v) is 3.66. The Morgan fingerprint density at radius 1 is 1.59 bits per heavy atom. The number of carbonyl (C=O) groups excluding carboxylic acids is 1. The van der Waals surface area contributed by atoms with Crippen LogP contribution in [0.2, 0.25) is 5.02 Å². The van der Waals surface area contributed by atoms with Crippen molar-refractivity contribution >= 4 is 34.6 Å². The van der Waals surface area contributed by atoms with Crippen LogP contribution in [-0.4, -0.2) is 30.4 Å². The molecule has 1 atom stereocenters. The van der Waals surface area contributed by atoms with Gasteiger partial charge in [0.05, 0.1) is 41.3 Å². The van der Waals surface area contributed by atoms with E-state index < -0.39 is 17.3 Å². The molecule has 0 bridgehead atoms. The third-order valence-electron chi connectivity index (χ3n) is 2.24. The van der Waals surface area contributed by atoms with Crippen molar-refractivity contribution < 1.29 is 14.1 Å². The highest BCUT2D eigenvalue weighted by atomic mass is 35.5. The standard InChI is InChI=1S/C11H14ClNO3S/c1-4-13(17(3)15)8-5-6-10(12)9(7-8)11(14)16-2/h5-7H,4H2,1-3H3. The van der Waals surface area contributed by atoms with Crippen LogP contribution in [0.15, 0.2) is 18.2 Å². The first kappa shape index (κ1) is 14.2. The first-order valence-corrected chi connectivity index (χ1v) is 6.89. The Hall–Kier alpha value is -0.910. The summed E-state index contributed by atoms with van der Waals surface area (Å²) in [5, 5.41) is 0.318. The highest BCUT2D eigenvalue weighted by Gasteiger charge is 2.18. The fraction of sp³-hybridized carbons (Fsp3) is 0.364. The van der Waals surface area contributed by atoms with Crippen LogP contribution in [-0.2, 0) is 16.1 Å². The summed E-state index contributed by atoms with van der Waals surface area (Å²) in [5.41, 5.74) is 0.953. The molecule has 0 heterocycles. The summed E-state index contributed by atoms with van der Waals surface area (Å²) in [6, 6.07) is 4.90. The SMILES string of the molecule is CCN(c1ccc(Cl)c(C(=O)OC)c1)[S+](C)[O-]. The molecule has 0 fully saturated rings. The number of anilines is 1. The lowest BCUT2D eigenvalue weighted by atomic mass is 10.2. The van der Waals surface area contributed by atoms with E-state index in [0.29, 0.717) is 17.3 Å². The van der Waals surface area contributed by atoms with Gasteiger partial charge in [0.1, 0.15) is 6.26 Å². The number of hydrogen-bond donors (Lipinski definition) is 0. The summed E-state index contributed by atoms with van der Waals surface area (Å²) >= 11 is 4.76. The van der Waals surface area contributed by atoms with Crippen molar-refractivity contribution in [3.8, 4) is 0 Å². The lowest BCUT2D eigenvalue weighted by Crippen LogP contribution is -2.29. The number of benzene rings is 1. The van der Waals surface area contributed by atoms with Gasteiger partial charge >= 0.3 is 5.97 Å². The van der Waals surface area contributed by atoms with Crippen LogP contribution in [0.4, 0.5) is 5.69 Å². The fourth-order valence-electron chi connectivity index (χ4n) is 1.45. The van der Waals surface area contributed by atoms with E-state index in [1.165, 1.54) is 7.11 Å². The average Bonchev–Trinajstić information content (AvgIpc) is 2.30. The zero-order valence-electron chi connectivity index (χ0n) is 9.90. The van der Waals surface area contributed by atoms with Crippen molar-refractivity contribution in [1.29, 1.82) is 0 Å². The molecule has 0 saturated carbocycles. The Kier molecular flexibility index (Phi) is 5.11. The van der Waals surface area contributed by atoms with Crippen molar-refractivity contribution in [2.24, 2.45) is 0 Å². The topological polar surface area (TPSA) is 52.6 Å². The van der Waals surface area contributed by atoms with Crippen molar-refractivity contribution in [1.82, 2.24) is 0 Å². The van der Waals surface area contributed by atoms with Gasteiger partial charge in [-0.05, 0) is 25.1 Å². The normalized spacial score (nSPS) is 12.1. The molecule has 0 aliphatic rings. The molecule has 4 nitrogen and oxygen atoms in total. The molecule has 6 heteroatoms. The molecule has 1 unspecified atom stereocenters. The van der Waals surface area contributed by atoms with Crippen LogP contribution in [0.25, 0.3) is 0 Å². The lowest BCUT2D eigenvalue weighted by Gasteiger charge is -2.22. The number of nitrogens with zero attached hydrogens (tertiary/aromatic N) is 1. The average molecular weight is 276 g/mol. The second-order valence-corrected chi connectivity index (χ2v) is 4.97. The summed E-state index contributed by atoms with van der Waals surface area (Å²) in [7, 11) is 1.29. The van der Waals surface area contributed by atoms with E-state index in [1.54, 1.807) is 28.8 Å². The van der Waals surface area contributed by atoms with Gasteiger partial charge in [0.2, 0.25) is 0 Å². The minimum absolute atomic E-state index is 0.274. The second kappa shape index (κ2) is 6.14. The maximum atomic E-state index is 11.5. The minimum Gasteiger partial charge on any atom is -0.593 e. The van der Waals surface area contributed by atoms with E-state index in [9.17, 15) is 9.35 Å². The summed E-state index contributed by atoms with van der Waals surface area (Å²) in [6.07, 6.45) is 1.58. The zero-order valence-corrected chi connectivity index (χ0v) is 11.5. The number of ether oxygens (including phenoxy) is 1. The number of rotatable bonds is 4. The molecular weight excluding hydrogens is 262 g/mol. The van der Waals surface area contributed by atoms with E-state index in [0.717, 1.165) is 0 Å². The second-order valence-electron chi connectivity index (χ2n) is 3.27. The fourth-order valence-corrected chi connectivity index (χ4v) is 2.42. The van der Waals surface area contributed by atoms with E-state index >= 15 is 0 Å². The van der Waals surface area contributed by atoms with Crippen LogP contribution >= 0.6 is 11.6 Å². The maximum Gasteiger partial charge on any atom is 0.339 e. The Morgan fingerprint density at radius 3 is 2.71 bits per heavy atom. The summed E-state index contributed by atoms with van der Waals surface area (Å²) in [6.45, 7) is 2.46. The minimum atomic E-state index is -1.15. The molecular formula is C11H14ClNO3S. The van der Waals surface area contributed by atoms with Gasteiger partial charge in [-0.2, -0.15) is 4.31 Å². The third kappa shape index (κ3) is 3.28. The van der Waals surface area contributed by atoms with Crippen LogP contribution in [0.3, 0.4) is 0 Å². The summed E-state index contributed by atoms with van der Waals surface area (Å²) < 4.78 is 17.8. The first-order chi connectivity index (χ1) is 8.01. The van der Waals surface area contributed by atoms with Crippen molar-refractivity contribution in [3.63, 3.8) is 0 Å². The molecule has 0 spiro atoms. The lowest BCUT2D eigenvalue weighted by molar-refractivity contribution is 0.0601. The van der Waals surface area contributed by atoms with Gasteiger partial charge < -0.3 is 9.29 Å². The molecule has 0 aromatic heterocycles. The van der Waals surface area contributed by atoms with Gasteiger partial charge in [-0.15, -0.1) is 0 Å². The quantitative estimate of drug-likeness (QED) is 0.625. The van der Waals surface area contributed by atoms with Crippen LogP contribution < -0.4 is 4.31 Å². The molecule has 0 aliphatic carbocycles. The number of carbonyl (C=O) groups is 1. The molecule has 0 saturated heterocycles. The molecule has 17 heavy (non-hydrogen) atoms. The van der Waals surface area contributed by atoms with Crippen molar-refractivity contribution in [2.75, 3.05) is 24.2 Å². The Morgan fingerprint density at radius 2 is 2.24 bits per heavy atom. The Bertz CT molecular complexity index is 412.